The van der Waals surface area contributed by atoms with E-state index in [0.29, 0.717) is 4.57 Å². The van der Waals surface area contributed by atoms with Gasteiger partial charge in [0.1, 0.15) is 17.8 Å². The Kier molecular flexibility index (Phi) is 2.51. The molecule has 1 saturated heterocycles. The Morgan fingerprint density at radius 1 is 1.67 bits per heavy atom. The van der Waals surface area contributed by atoms with Crippen LogP contribution in [0.3, 0.4) is 0 Å². The summed E-state index contributed by atoms with van der Waals surface area (Å²) in [5.74, 6) is 0. The molecule has 18 heavy (non-hydrogen) atoms. The Morgan fingerprint density at radius 2 is 2.33 bits per heavy atom. The molecule has 2 rings (SSSR count). The molecule has 0 unspecified atom stereocenters. The lowest BCUT2D eigenvalue weighted by Gasteiger charge is -2.27. The number of nitrogens with one attached hydrogen (secondary N) is 1. The molecule has 2 heterocycles. The molecule has 8 heteroatoms. The molecule has 0 saturated carbocycles. The van der Waals surface area contributed by atoms with Gasteiger partial charge < -0.3 is 20.1 Å². The number of H-pyrrole nitrogens is 1. The lowest BCUT2D eigenvalue weighted by Crippen LogP contribution is -2.46. The highest BCUT2D eigenvalue weighted by Gasteiger charge is 2.53. The van der Waals surface area contributed by atoms with E-state index in [4.69, 9.17) is 12.6 Å². The molecule has 4 atom stereocenters. The normalized spacial score (nSPS) is 37.4. The van der Waals surface area contributed by atoms with Gasteiger partial charge in [-0.3, -0.25) is 14.3 Å². The summed E-state index contributed by atoms with van der Waals surface area (Å²) in [5, 5.41) is 29.1. The molecular weight excluding hydrogens is 244 g/mol. The second-order valence-corrected chi connectivity index (χ2v) is 4.25. The van der Waals surface area contributed by atoms with Gasteiger partial charge in [-0.25, -0.2) is 4.79 Å². The van der Waals surface area contributed by atoms with Crippen molar-refractivity contribution in [2.45, 2.75) is 31.0 Å². The zero-order valence-electron chi connectivity index (χ0n) is 11.5. The van der Waals surface area contributed by atoms with Crippen LogP contribution in [0.2, 0.25) is 0 Å². The zero-order chi connectivity index (χ0) is 15.2. The predicted molar refractivity (Wildman–Crippen MR) is 58.9 cm³/mol. The Morgan fingerprint density at radius 3 is 2.89 bits per heavy atom. The van der Waals surface area contributed by atoms with Crippen molar-refractivity contribution in [2.24, 2.45) is 0 Å². The van der Waals surface area contributed by atoms with Gasteiger partial charge in [-0.15, -0.1) is 0 Å². The average Bonchev–Trinajstić information content (AvgIpc) is 2.60. The third kappa shape index (κ3) is 1.89. The summed E-state index contributed by atoms with van der Waals surface area (Å²) in [6.07, 6.45) is -4.90. The molecule has 1 aliphatic heterocycles. The van der Waals surface area contributed by atoms with Crippen LogP contribution in [-0.2, 0) is 4.74 Å². The molecule has 0 spiro atoms. The van der Waals surface area contributed by atoms with Crippen LogP contribution in [-0.4, -0.2) is 49.3 Å². The van der Waals surface area contributed by atoms with E-state index in [1.54, 1.807) is 0 Å². The first kappa shape index (κ1) is 10.4. The third-order valence-corrected chi connectivity index (χ3v) is 2.90. The molecule has 0 aliphatic carbocycles. The van der Waals surface area contributed by atoms with Crippen molar-refractivity contribution < 1.29 is 22.8 Å². The highest BCUT2D eigenvalue weighted by atomic mass is 16.6. The van der Waals surface area contributed by atoms with Gasteiger partial charge in [-0.1, -0.05) is 0 Å². The number of ether oxygens (including phenoxy) is 1. The number of hydrogen-bond donors (Lipinski definition) is 4. The van der Waals surface area contributed by atoms with E-state index in [9.17, 15) is 19.8 Å². The van der Waals surface area contributed by atoms with E-state index < -0.39 is 54.1 Å². The van der Waals surface area contributed by atoms with Crippen LogP contribution in [0.5, 0.6) is 0 Å². The molecular formula is C10H14N2O6. The summed E-state index contributed by atoms with van der Waals surface area (Å²) in [6, 6.07) is -0.772. The van der Waals surface area contributed by atoms with Gasteiger partial charge in [0.05, 0.1) is 9.35 Å². The Hall–Kier alpha value is -1.48. The fourth-order valence-electron chi connectivity index (χ4n) is 1.88. The van der Waals surface area contributed by atoms with Crippen LogP contribution in [0, 0.1) is 0 Å². The fraction of sp³-hybridized carbons (Fsp3) is 0.600. The molecule has 1 aromatic heterocycles. The summed E-state index contributed by atoms with van der Waals surface area (Å²) in [6.45, 7) is 0.561. The number of nitrogens with zero attached hydrogens (tertiary/aromatic N) is 1. The van der Waals surface area contributed by atoms with Crippen molar-refractivity contribution in [3.05, 3.63) is 33.1 Å². The predicted octanol–water partition coefficient (Wildman–Crippen LogP) is -2.46. The molecule has 1 fully saturated rings. The van der Waals surface area contributed by atoms with Gasteiger partial charge in [0.25, 0.3) is 5.56 Å². The Balaban J connectivity index is 2.61. The first-order chi connectivity index (χ1) is 9.21. The van der Waals surface area contributed by atoms with Gasteiger partial charge >= 0.3 is 5.69 Å². The van der Waals surface area contributed by atoms with Gasteiger partial charge in [-0.05, 0) is 6.92 Å². The van der Waals surface area contributed by atoms with Crippen LogP contribution in [0.15, 0.2) is 21.8 Å². The van der Waals surface area contributed by atoms with Crippen molar-refractivity contribution in [1.82, 2.24) is 9.55 Å². The SMILES string of the molecule is [2H]c1c([2H])n([C@@H]2O[C@H](CO)[C@@H](O)[C@@]2(C)O)c(=O)[nH]c1=O. The van der Waals surface area contributed by atoms with Crippen molar-refractivity contribution in [1.29, 1.82) is 0 Å². The lowest BCUT2D eigenvalue weighted by atomic mass is 9.96. The van der Waals surface area contributed by atoms with Gasteiger partial charge in [0.2, 0.25) is 0 Å². The molecule has 8 nitrogen and oxygen atoms in total. The Labute approximate surface area is 104 Å². The molecule has 0 aromatic carbocycles. The summed E-state index contributed by atoms with van der Waals surface area (Å²) >= 11 is 0. The van der Waals surface area contributed by atoms with Crippen molar-refractivity contribution >= 4 is 0 Å². The van der Waals surface area contributed by atoms with E-state index in [0.717, 1.165) is 0 Å². The van der Waals surface area contributed by atoms with Gasteiger partial charge in [0.15, 0.2) is 6.23 Å². The topological polar surface area (TPSA) is 125 Å². The van der Waals surface area contributed by atoms with E-state index in [2.05, 4.69) is 0 Å². The van der Waals surface area contributed by atoms with Crippen LogP contribution in [0.25, 0.3) is 0 Å². The maximum Gasteiger partial charge on any atom is 0.330 e. The molecule has 0 amide bonds. The number of rotatable bonds is 2. The maximum absolute atomic E-state index is 11.8. The summed E-state index contributed by atoms with van der Waals surface area (Å²) < 4.78 is 20.7. The van der Waals surface area contributed by atoms with E-state index in [1.807, 2.05) is 4.98 Å². The highest BCUT2D eigenvalue weighted by molar-refractivity contribution is 5.00. The van der Waals surface area contributed by atoms with E-state index >= 15 is 0 Å². The minimum atomic E-state index is -1.97. The van der Waals surface area contributed by atoms with Crippen molar-refractivity contribution in [3.63, 3.8) is 0 Å². The zero-order valence-corrected chi connectivity index (χ0v) is 9.45. The highest BCUT2D eigenvalue weighted by Crippen LogP contribution is 2.36. The van der Waals surface area contributed by atoms with Crippen LogP contribution in [0.1, 0.15) is 15.9 Å². The largest absolute Gasteiger partial charge is 0.394 e. The van der Waals surface area contributed by atoms with Crippen molar-refractivity contribution in [2.75, 3.05) is 6.61 Å². The molecule has 0 radical (unpaired) electrons. The number of aromatic amines is 1. The minimum Gasteiger partial charge on any atom is -0.394 e. The number of hydrogen-bond acceptors (Lipinski definition) is 6. The molecule has 1 aliphatic rings. The summed E-state index contributed by atoms with van der Waals surface area (Å²) in [4.78, 5) is 24.8. The first-order valence-corrected chi connectivity index (χ1v) is 5.20. The number of aromatic nitrogens is 2. The number of aliphatic hydroxyl groups is 3. The first-order valence-electron chi connectivity index (χ1n) is 6.20. The average molecular weight is 260 g/mol. The second-order valence-electron chi connectivity index (χ2n) is 4.25. The molecule has 100 valence electrons. The quantitative estimate of drug-likeness (QED) is 0.467. The van der Waals surface area contributed by atoms with Crippen LogP contribution >= 0.6 is 0 Å². The summed E-state index contributed by atoms with van der Waals surface area (Å²) in [7, 11) is 0. The van der Waals surface area contributed by atoms with Gasteiger partial charge in [0, 0.05) is 12.2 Å². The van der Waals surface area contributed by atoms with Crippen LogP contribution < -0.4 is 11.2 Å². The molecule has 4 N–H and O–H groups in total. The third-order valence-electron chi connectivity index (χ3n) is 2.90. The minimum absolute atomic E-state index is 0.558. The lowest BCUT2D eigenvalue weighted by molar-refractivity contribution is -0.0987. The van der Waals surface area contributed by atoms with Gasteiger partial charge in [-0.2, -0.15) is 0 Å². The summed E-state index contributed by atoms with van der Waals surface area (Å²) in [5.41, 5.74) is -4.06. The second kappa shape index (κ2) is 4.32. The van der Waals surface area contributed by atoms with E-state index in [1.165, 1.54) is 6.92 Å². The molecule has 0 bridgehead atoms. The fourth-order valence-corrected chi connectivity index (χ4v) is 1.88. The monoisotopic (exact) mass is 260 g/mol. The van der Waals surface area contributed by atoms with E-state index in [-0.39, 0.29) is 0 Å². The smallest absolute Gasteiger partial charge is 0.330 e. The van der Waals surface area contributed by atoms with Crippen LogP contribution in [0.4, 0.5) is 0 Å². The Bertz CT molecular complexity index is 640. The number of aliphatic hydroxyl groups excluding tert-OH is 2. The standard InChI is InChI=1S/C10H14N2O6/c1-10(17)7(15)5(4-13)18-8(10)12-3-2-6(14)11-9(12)16/h2-3,5,7-8,13,15,17H,4H2,1H3,(H,11,14,16)/t5-,7-,8-,10-/m1/s1/i2D,3D. The van der Waals surface area contributed by atoms with Crippen molar-refractivity contribution in [3.8, 4) is 0 Å². The molecule has 1 aromatic rings. The maximum atomic E-state index is 11.8.